The summed E-state index contributed by atoms with van der Waals surface area (Å²) in [7, 11) is -1.67. The van der Waals surface area contributed by atoms with E-state index in [0.29, 0.717) is 18.0 Å². The molecule has 2 rings (SSSR count). The Morgan fingerprint density at radius 2 is 2.16 bits per heavy atom. The molecule has 7 heteroatoms. The van der Waals surface area contributed by atoms with Crippen LogP contribution >= 0.6 is 0 Å². The van der Waals surface area contributed by atoms with Gasteiger partial charge in [-0.15, -0.1) is 0 Å². The smallest absolute Gasteiger partial charge is 0.178 e. The van der Waals surface area contributed by atoms with Crippen LogP contribution in [0.25, 0.3) is 0 Å². The molecule has 2 aromatic rings. The minimum atomic E-state index is -3.24. The highest BCUT2D eigenvalue weighted by Gasteiger charge is 2.11. The van der Waals surface area contributed by atoms with Crippen molar-refractivity contribution < 1.29 is 13.2 Å². The van der Waals surface area contributed by atoms with Gasteiger partial charge in [0, 0.05) is 23.7 Å². The topological polar surface area (TPSA) is 87.2 Å². The van der Waals surface area contributed by atoms with Gasteiger partial charge in [0.05, 0.1) is 19.9 Å². The predicted octanol–water partition coefficient (Wildman–Crippen LogP) is 0.926. The summed E-state index contributed by atoms with van der Waals surface area (Å²) in [5.74, 6) is 0.686. The Morgan fingerprint density at radius 1 is 1.42 bits per heavy atom. The summed E-state index contributed by atoms with van der Waals surface area (Å²) < 4.78 is 29.5. The molecule has 0 radical (unpaired) electrons. The fourth-order valence-corrected chi connectivity index (χ4v) is 2.27. The highest BCUT2D eigenvalue weighted by Crippen LogP contribution is 2.22. The van der Waals surface area contributed by atoms with E-state index in [1.807, 2.05) is 0 Å². The van der Waals surface area contributed by atoms with Crippen molar-refractivity contribution in [2.24, 2.45) is 0 Å². The maximum Gasteiger partial charge on any atom is 0.178 e. The first-order chi connectivity index (χ1) is 8.90. The first-order valence-corrected chi connectivity index (χ1v) is 7.44. The molecule has 1 heterocycles. The Labute approximate surface area is 111 Å². The van der Waals surface area contributed by atoms with E-state index in [1.165, 1.54) is 17.1 Å². The van der Waals surface area contributed by atoms with Gasteiger partial charge in [0.25, 0.3) is 0 Å². The lowest BCUT2D eigenvalue weighted by Crippen LogP contribution is -2.03. The monoisotopic (exact) mass is 281 g/mol. The van der Waals surface area contributed by atoms with Crippen LogP contribution in [0.15, 0.2) is 35.5 Å². The second kappa shape index (κ2) is 4.93. The Hall–Kier alpha value is -2.02. The number of hydrogen-bond donors (Lipinski definition) is 1. The lowest BCUT2D eigenvalue weighted by Gasteiger charge is -2.09. The van der Waals surface area contributed by atoms with E-state index in [2.05, 4.69) is 5.10 Å². The van der Waals surface area contributed by atoms with Crippen molar-refractivity contribution in [2.45, 2.75) is 11.4 Å². The maximum absolute atomic E-state index is 11.4. The first-order valence-electron chi connectivity index (χ1n) is 5.55. The van der Waals surface area contributed by atoms with Crippen molar-refractivity contribution in [3.8, 4) is 5.75 Å². The zero-order chi connectivity index (χ0) is 14.0. The Kier molecular flexibility index (Phi) is 3.48. The van der Waals surface area contributed by atoms with Gasteiger partial charge in [-0.05, 0) is 18.2 Å². The first kappa shape index (κ1) is 13.4. The van der Waals surface area contributed by atoms with Crippen molar-refractivity contribution in [1.29, 1.82) is 0 Å². The second-order valence-corrected chi connectivity index (χ2v) is 6.23. The number of benzene rings is 1. The Morgan fingerprint density at radius 3 is 2.74 bits per heavy atom. The van der Waals surface area contributed by atoms with Crippen LogP contribution in [-0.4, -0.2) is 31.6 Å². The van der Waals surface area contributed by atoms with E-state index in [4.69, 9.17) is 10.5 Å². The fourth-order valence-electron chi connectivity index (χ4n) is 1.72. The van der Waals surface area contributed by atoms with Gasteiger partial charge < -0.3 is 10.5 Å². The van der Waals surface area contributed by atoms with Crippen LogP contribution in [0.4, 0.5) is 5.69 Å². The number of sulfone groups is 1. The average molecular weight is 281 g/mol. The molecule has 0 aliphatic heterocycles. The van der Waals surface area contributed by atoms with Crippen LogP contribution < -0.4 is 10.5 Å². The number of aromatic nitrogens is 2. The van der Waals surface area contributed by atoms with Gasteiger partial charge in [-0.3, -0.25) is 4.68 Å². The summed E-state index contributed by atoms with van der Waals surface area (Å²) in [4.78, 5) is 0.190. The van der Waals surface area contributed by atoms with E-state index < -0.39 is 9.84 Å². The SMILES string of the molecule is COc1ccc(N)cc1Cn1cc(S(C)(=O)=O)cn1. The average Bonchev–Trinajstić information content (AvgIpc) is 2.77. The molecule has 102 valence electrons. The third-order valence-electron chi connectivity index (χ3n) is 2.67. The lowest BCUT2D eigenvalue weighted by molar-refractivity contribution is 0.407. The molecule has 0 saturated carbocycles. The van der Waals surface area contributed by atoms with E-state index in [0.717, 1.165) is 11.8 Å². The van der Waals surface area contributed by atoms with Crippen LogP contribution in [0.2, 0.25) is 0 Å². The summed E-state index contributed by atoms with van der Waals surface area (Å²) in [6, 6.07) is 5.29. The normalized spacial score (nSPS) is 11.5. The van der Waals surface area contributed by atoms with Gasteiger partial charge in [-0.1, -0.05) is 0 Å². The van der Waals surface area contributed by atoms with Gasteiger partial charge in [-0.25, -0.2) is 8.42 Å². The molecule has 0 bridgehead atoms. The van der Waals surface area contributed by atoms with Gasteiger partial charge in [-0.2, -0.15) is 5.10 Å². The number of nitrogens with zero attached hydrogens (tertiary/aromatic N) is 2. The third-order valence-corrected chi connectivity index (χ3v) is 3.74. The summed E-state index contributed by atoms with van der Waals surface area (Å²) >= 11 is 0. The van der Waals surface area contributed by atoms with E-state index in [9.17, 15) is 8.42 Å². The maximum atomic E-state index is 11.4. The molecule has 6 nitrogen and oxygen atoms in total. The Bertz CT molecular complexity index is 692. The van der Waals surface area contributed by atoms with E-state index >= 15 is 0 Å². The zero-order valence-corrected chi connectivity index (χ0v) is 11.5. The number of anilines is 1. The summed E-state index contributed by atoms with van der Waals surface area (Å²) in [6.07, 6.45) is 3.96. The molecule has 2 N–H and O–H groups in total. The molecule has 0 fully saturated rings. The molecule has 0 aliphatic carbocycles. The molecule has 0 unspecified atom stereocenters. The van der Waals surface area contributed by atoms with Crippen LogP contribution in [-0.2, 0) is 16.4 Å². The molecule has 19 heavy (non-hydrogen) atoms. The number of nitrogens with two attached hydrogens (primary N) is 1. The quantitative estimate of drug-likeness (QED) is 0.842. The van der Waals surface area contributed by atoms with Crippen molar-refractivity contribution in [2.75, 3.05) is 19.1 Å². The predicted molar refractivity (Wildman–Crippen MR) is 71.8 cm³/mol. The summed E-state index contributed by atoms with van der Waals surface area (Å²) in [6.45, 7) is 0.393. The highest BCUT2D eigenvalue weighted by molar-refractivity contribution is 7.90. The number of hydrogen-bond acceptors (Lipinski definition) is 5. The van der Waals surface area contributed by atoms with Gasteiger partial charge in [0.15, 0.2) is 9.84 Å². The summed E-state index contributed by atoms with van der Waals surface area (Å²) in [5, 5.41) is 4.02. The minimum absolute atomic E-state index is 0.190. The largest absolute Gasteiger partial charge is 0.496 e. The van der Waals surface area contributed by atoms with Crippen molar-refractivity contribution in [3.63, 3.8) is 0 Å². The van der Waals surface area contributed by atoms with E-state index in [-0.39, 0.29) is 4.90 Å². The molecule has 0 spiro atoms. The minimum Gasteiger partial charge on any atom is -0.496 e. The number of rotatable bonds is 4. The van der Waals surface area contributed by atoms with Crippen LogP contribution in [0.1, 0.15) is 5.56 Å². The lowest BCUT2D eigenvalue weighted by atomic mass is 10.2. The molecule has 1 aromatic heterocycles. The standard InChI is InChI=1S/C12H15N3O3S/c1-18-12-4-3-10(13)5-9(12)7-15-8-11(6-14-15)19(2,16)17/h3-6,8H,7,13H2,1-2H3. The van der Waals surface area contributed by atoms with E-state index in [1.54, 1.807) is 25.3 Å². The van der Waals surface area contributed by atoms with Crippen LogP contribution in [0, 0.1) is 0 Å². The number of methoxy groups -OCH3 is 1. The fraction of sp³-hybridized carbons (Fsp3) is 0.250. The molecule has 1 aromatic carbocycles. The van der Waals surface area contributed by atoms with Crippen LogP contribution in [0.3, 0.4) is 0 Å². The Balaban J connectivity index is 2.31. The molecular formula is C12H15N3O3S. The highest BCUT2D eigenvalue weighted by atomic mass is 32.2. The number of ether oxygens (including phenoxy) is 1. The van der Waals surface area contributed by atoms with Crippen molar-refractivity contribution >= 4 is 15.5 Å². The van der Waals surface area contributed by atoms with Gasteiger partial charge >= 0.3 is 0 Å². The van der Waals surface area contributed by atoms with Gasteiger partial charge in [0.2, 0.25) is 0 Å². The number of nitrogen functional groups attached to an aromatic ring is 1. The third kappa shape index (κ3) is 3.05. The van der Waals surface area contributed by atoms with Crippen molar-refractivity contribution in [1.82, 2.24) is 9.78 Å². The molecule has 0 aliphatic rings. The molecule has 0 amide bonds. The van der Waals surface area contributed by atoms with Crippen molar-refractivity contribution in [3.05, 3.63) is 36.2 Å². The molecular weight excluding hydrogens is 266 g/mol. The molecule has 0 atom stereocenters. The van der Waals surface area contributed by atoms with Crippen LogP contribution in [0.5, 0.6) is 5.75 Å². The van der Waals surface area contributed by atoms with Gasteiger partial charge in [0.1, 0.15) is 10.6 Å². The summed E-state index contributed by atoms with van der Waals surface area (Å²) in [5.41, 5.74) is 7.18. The second-order valence-electron chi connectivity index (χ2n) is 4.22. The molecule has 0 saturated heterocycles. The zero-order valence-electron chi connectivity index (χ0n) is 10.7.